The van der Waals surface area contributed by atoms with Crippen LogP contribution in [0.25, 0.3) is 0 Å². The van der Waals surface area contributed by atoms with Crippen LogP contribution in [0, 0.1) is 18.7 Å². The van der Waals surface area contributed by atoms with Gasteiger partial charge >= 0.3 is 0 Å². The van der Waals surface area contributed by atoms with Crippen LogP contribution in [0.1, 0.15) is 29.5 Å². The van der Waals surface area contributed by atoms with Crippen molar-refractivity contribution in [1.29, 1.82) is 0 Å². The van der Waals surface area contributed by atoms with Crippen molar-refractivity contribution in [1.82, 2.24) is 10.2 Å². The SMILES string of the molecule is Cc1ccc(CNC(=O)C2CCN(C(=O)COc3ccc(CC(N)=O)cc3)CC2)cc1F. The quantitative estimate of drug-likeness (QED) is 0.655. The van der Waals surface area contributed by atoms with Crippen molar-refractivity contribution in [3.05, 3.63) is 65.0 Å². The molecule has 0 atom stereocenters. The van der Waals surface area contributed by atoms with Gasteiger partial charge in [-0.1, -0.05) is 24.3 Å². The summed E-state index contributed by atoms with van der Waals surface area (Å²) in [6.07, 6.45) is 1.30. The van der Waals surface area contributed by atoms with E-state index in [4.69, 9.17) is 10.5 Å². The summed E-state index contributed by atoms with van der Waals surface area (Å²) in [5, 5.41) is 2.86. The molecule has 2 aromatic rings. The van der Waals surface area contributed by atoms with Gasteiger partial charge in [-0.3, -0.25) is 14.4 Å². The Labute approximate surface area is 186 Å². The minimum Gasteiger partial charge on any atom is -0.484 e. The molecule has 1 fully saturated rings. The zero-order valence-electron chi connectivity index (χ0n) is 18.1. The topological polar surface area (TPSA) is 102 Å². The number of ether oxygens (including phenoxy) is 1. The summed E-state index contributed by atoms with van der Waals surface area (Å²) in [6, 6.07) is 11.8. The smallest absolute Gasteiger partial charge is 0.260 e. The number of piperidine rings is 1. The second-order valence-corrected chi connectivity index (χ2v) is 8.03. The average Bonchev–Trinajstić information content (AvgIpc) is 2.78. The lowest BCUT2D eigenvalue weighted by Gasteiger charge is -2.31. The van der Waals surface area contributed by atoms with Crippen LogP contribution < -0.4 is 15.8 Å². The third kappa shape index (κ3) is 6.54. The van der Waals surface area contributed by atoms with E-state index < -0.39 is 5.91 Å². The fourth-order valence-electron chi connectivity index (χ4n) is 3.61. The lowest BCUT2D eigenvalue weighted by Crippen LogP contribution is -2.44. The van der Waals surface area contributed by atoms with Gasteiger partial charge in [0, 0.05) is 25.6 Å². The molecular formula is C24H28FN3O4. The number of hydrogen-bond donors (Lipinski definition) is 2. The van der Waals surface area contributed by atoms with Crippen LogP contribution in [0.5, 0.6) is 5.75 Å². The van der Waals surface area contributed by atoms with Crippen molar-refractivity contribution in [2.24, 2.45) is 11.7 Å². The van der Waals surface area contributed by atoms with Crippen LogP contribution in [0.4, 0.5) is 4.39 Å². The van der Waals surface area contributed by atoms with Gasteiger partial charge in [0.15, 0.2) is 6.61 Å². The van der Waals surface area contributed by atoms with E-state index in [1.807, 2.05) is 0 Å². The maximum absolute atomic E-state index is 13.6. The first kappa shape index (κ1) is 23.2. The van der Waals surface area contributed by atoms with Gasteiger partial charge in [0.1, 0.15) is 11.6 Å². The van der Waals surface area contributed by atoms with Crippen LogP contribution in [0.3, 0.4) is 0 Å². The molecule has 1 aliphatic rings. The van der Waals surface area contributed by atoms with E-state index in [0.29, 0.717) is 42.8 Å². The van der Waals surface area contributed by atoms with Gasteiger partial charge < -0.3 is 20.7 Å². The van der Waals surface area contributed by atoms with Crippen LogP contribution in [0.2, 0.25) is 0 Å². The molecule has 0 saturated carbocycles. The van der Waals surface area contributed by atoms with Gasteiger partial charge in [-0.15, -0.1) is 0 Å². The highest BCUT2D eigenvalue weighted by Crippen LogP contribution is 2.19. The van der Waals surface area contributed by atoms with Crippen LogP contribution in [-0.4, -0.2) is 42.3 Å². The van der Waals surface area contributed by atoms with Crippen LogP contribution >= 0.6 is 0 Å². The highest BCUT2D eigenvalue weighted by Gasteiger charge is 2.27. The number of benzene rings is 2. The van der Waals surface area contributed by atoms with Crippen molar-refractivity contribution in [3.8, 4) is 5.75 Å². The number of amides is 3. The molecule has 3 N–H and O–H groups in total. The van der Waals surface area contributed by atoms with Crippen molar-refractivity contribution >= 4 is 17.7 Å². The fraction of sp³-hybridized carbons (Fsp3) is 0.375. The Morgan fingerprint density at radius 3 is 2.38 bits per heavy atom. The zero-order chi connectivity index (χ0) is 23.1. The Morgan fingerprint density at radius 1 is 1.09 bits per heavy atom. The summed E-state index contributed by atoms with van der Waals surface area (Å²) in [7, 11) is 0. The van der Waals surface area contributed by atoms with Crippen LogP contribution in [0.15, 0.2) is 42.5 Å². The molecule has 0 bridgehead atoms. The molecule has 1 saturated heterocycles. The normalized spacial score (nSPS) is 14.1. The Hall–Kier alpha value is -3.42. The van der Waals surface area contributed by atoms with Gasteiger partial charge in [0.2, 0.25) is 11.8 Å². The number of nitrogens with two attached hydrogens (primary N) is 1. The Morgan fingerprint density at radius 2 is 1.75 bits per heavy atom. The van der Waals surface area contributed by atoms with Crippen molar-refractivity contribution < 1.29 is 23.5 Å². The number of rotatable bonds is 8. The second-order valence-electron chi connectivity index (χ2n) is 8.03. The van der Waals surface area contributed by atoms with E-state index in [1.165, 1.54) is 6.07 Å². The molecule has 8 heteroatoms. The molecule has 1 heterocycles. The second kappa shape index (κ2) is 10.7. The molecule has 3 rings (SSSR count). The number of hydrogen-bond acceptors (Lipinski definition) is 4. The van der Waals surface area contributed by atoms with Gasteiger partial charge in [0.05, 0.1) is 6.42 Å². The first-order valence-corrected chi connectivity index (χ1v) is 10.6. The number of carbonyl (C=O) groups excluding carboxylic acids is 3. The van der Waals surface area contributed by atoms with E-state index >= 15 is 0 Å². The summed E-state index contributed by atoms with van der Waals surface area (Å²) in [5.74, 6) is -0.547. The van der Waals surface area contributed by atoms with Crippen LogP contribution in [-0.2, 0) is 27.3 Å². The molecule has 0 radical (unpaired) electrons. The molecule has 0 unspecified atom stereocenters. The number of halogens is 1. The lowest BCUT2D eigenvalue weighted by atomic mass is 9.95. The predicted molar refractivity (Wildman–Crippen MR) is 117 cm³/mol. The van der Waals surface area contributed by atoms with Gasteiger partial charge in [-0.05, 0) is 54.7 Å². The van der Waals surface area contributed by atoms with Crippen molar-refractivity contribution in [2.45, 2.75) is 32.7 Å². The Balaban J connectivity index is 1.39. The minimum absolute atomic E-state index is 0.0783. The summed E-state index contributed by atoms with van der Waals surface area (Å²) in [4.78, 5) is 37.5. The Bertz CT molecular complexity index is 970. The first-order valence-electron chi connectivity index (χ1n) is 10.6. The van der Waals surface area contributed by atoms with Gasteiger partial charge in [-0.25, -0.2) is 4.39 Å². The molecule has 1 aliphatic heterocycles. The largest absolute Gasteiger partial charge is 0.484 e. The van der Waals surface area contributed by atoms with E-state index in [-0.39, 0.29) is 43.1 Å². The molecule has 2 aromatic carbocycles. The van der Waals surface area contributed by atoms with E-state index in [1.54, 1.807) is 48.2 Å². The minimum atomic E-state index is -0.407. The Kier molecular flexibility index (Phi) is 7.81. The lowest BCUT2D eigenvalue weighted by molar-refractivity contribution is -0.137. The average molecular weight is 442 g/mol. The summed E-state index contributed by atoms with van der Waals surface area (Å²) < 4.78 is 19.2. The number of nitrogens with zero attached hydrogens (tertiary/aromatic N) is 1. The standard InChI is InChI=1S/C24H28FN3O4/c1-16-2-3-18(12-21(16)25)14-27-24(31)19-8-10-28(11-9-19)23(30)15-32-20-6-4-17(5-7-20)13-22(26)29/h2-7,12,19H,8-11,13-15H2,1H3,(H2,26,29)(H,27,31). The zero-order valence-corrected chi connectivity index (χ0v) is 18.1. The monoisotopic (exact) mass is 441 g/mol. The van der Waals surface area contributed by atoms with Gasteiger partial charge in [0.25, 0.3) is 5.91 Å². The number of likely N-dealkylation sites (tertiary alicyclic amines) is 1. The fourth-order valence-corrected chi connectivity index (χ4v) is 3.61. The van der Waals surface area contributed by atoms with Crippen molar-refractivity contribution in [3.63, 3.8) is 0 Å². The molecule has 3 amide bonds. The van der Waals surface area contributed by atoms with Crippen molar-refractivity contribution in [2.75, 3.05) is 19.7 Å². The third-order valence-electron chi connectivity index (χ3n) is 5.59. The third-order valence-corrected chi connectivity index (χ3v) is 5.59. The summed E-state index contributed by atoms with van der Waals surface area (Å²) in [5.41, 5.74) is 7.24. The van der Waals surface area contributed by atoms with E-state index in [9.17, 15) is 18.8 Å². The maximum atomic E-state index is 13.6. The first-order chi connectivity index (χ1) is 15.3. The van der Waals surface area contributed by atoms with E-state index in [2.05, 4.69) is 5.32 Å². The van der Waals surface area contributed by atoms with E-state index in [0.717, 1.165) is 5.56 Å². The molecule has 32 heavy (non-hydrogen) atoms. The molecule has 0 aliphatic carbocycles. The molecule has 7 nitrogen and oxygen atoms in total. The summed E-state index contributed by atoms with van der Waals surface area (Å²) >= 11 is 0. The highest BCUT2D eigenvalue weighted by atomic mass is 19.1. The highest BCUT2D eigenvalue weighted by molar-refractivity contribution is 5.80. The van der Waals surface area contributed by atoms with Gasteiger partial charge in [-0.2, -0.15) is 0 Å². The molecule has 170 valence electrons. The molecule has 0 aromatic heterocycles. The number of nitrogens with one attached hydrogen (secondary N) is 1. The molecular weight excluding hydrogens is 413 g/mol. The summed E-state index contributed by atoms with van der Waals surface area (Å²) in [6.45, 7) is 2.85. The predicted octanol–water partition coefficient (Wildman–Crippen LogP) is 2.10. The maximum Gasteiger partial charge on any atom is 0.260 e. The number of carbonyl (C=O) groups is 3. The number of primary amides is 1. The number of aryl methyl sites for hydroxylation is 1. The molecule has 0 spiro atoms.